The highest BCUT2D eigenvalue weighted by molar-refractivity contribution is 5.81. The zero-order chi connectivity index (χ0) is 11.4. The van der Waals surface area contributed by atoms with Crippen LogP contribution in [0.15, 0.2) is 6.33 Å². The second-order valence-corrected chi connectivity index (χ2v) is 4.55. The summed E-state index contributed by atoms with van der Waals surface area (Å²) in [4.78, 5) is 15.7. The zero-order valence-electron chi connectivity index (χ0n) is 9.90. The fourth-order valence-corrected chi connectivity index (χ4v) is 1.28. The van der Waals surface area contributed by atoms with Gasteiger partial charge in [0.25, 0.3) is 0 Å². The molecule has 4 nitrogen and oxygen atoms in total. The van der Waals surface area contributed by atoms with Gasteiger partial charge in [0.05, 0.1) is 6.42 Å². The van der Waals surface area contributed by atoms with Crippen molar-refractivity contribution >= 4 is 5.78 Å². The van der Waals surface area contributed by atoms with Crippen molar-refractivity contribution in [3.05, 3.63) is 12.2 Å². The number of carbonyl (C=O) groups is 1. The van der Waals surface area contributed by atoms with Crippen molar-refractivity contribution in [2.75, 3.05) is 0 Å². The number of carbonyl (C=O) groups excluding carboxylic acids is 1. The van der Waals surface area contributed by atoms with Crippen molar-refractivity contribution in [2.24, 2.45) is 11.8 Å². The molecule has 0 amide bonds. The SMILES string of the molecule is CC(C)Cn1ncnc1CC(=O)C(C)C. The molecule has 0 atom stereocenters. The highest BCUT2D eigenvalue weighted by Gasteiger charge is 2.13. The van der Waals surface area contributed by atoms with Gasteiger partial charge >= 0.3 is 0 Å². The molecule has 1 rings (SSSR count). The minimum absolute atomic E-state index is 0.0641. The van der Waals surface area contributed by atoms with E-state index >= 15 is 0 Å². The van der Waals surface area contributed by atoms with E-state index in [1.807, 2.05) is 18.5 Å². The van der Waals surface area contributed by atoms with Gasteiger partial charge in [0.15, 0.2) is 0 Å². The lowest BCUT2D eigenvalue weighted by Crippen LogP contribution is -2.17. The van der Waals surface area contributed by atoms with E-state index in [0.29, 0.717) is 12.3 Å². The van der Waals surface area contributed by atoms with Gasteiger partial charge in [0.2, 0.25) is 0 Å². The normalized spacial score (nSPS) is 11.3. The second-order valence-electron chi connectivity index (χ2n) is 4.55. The Morgan fingerprint density at radius 3 is 2.60 bits per heavy atom. The molecule has 0 aliphatic rings. The second kappa shape index (κ2) is 5.05. The summed E-state index contributed by atoms with van der Waals surface area (Å²) in [5.74, 6) is 1.57. The Bertz CT molecular complexity index is 328. The lowest BCUT2D eigenvalue weighted by atomic mass is 10.1. The standard InChI is InChI=1S/C11H19N3O/c1-8(2)6-14-11(12-7-13-14)5-10(15)9(3)4/h7-9H,5-6H2,1-4H3. The van der Waals surface area contributed by atoms with Crippen molar-refractivity contribution < 1.29 is 4.79 Å². The van der Waals surface area contributed by atoms with E-state index in [1.165, 1.54) is 6.33 Å². The van der Waals surface area contributed by atoms with E-state index in [9.17, 15) is 4.79 Å². The van der Waals surface area contributed by atoms with Crippen LogP contribution in [0.4, 0.5) is 0 Å². The van der Waals surface area contributed by atoms with Crippen molar-refractivity contribution in [3.63, 3.8) is 0 Å². The van der Waals surface area contributed by atoms with E-state index in [0.717, 1.165) is 12.4 Å². The number of ketones is 1. The van der Waals surface area contributed by atoms with Crippen LogP contribution >= 0.6 is 0 Å². The number of rotatable bonds is 5. The maximum Gasteiger partial charge on any atom is 0.142 e. The van der Waals surface area contributed by atoms with Crippen LogP contribution in [0.3, 0.4) is 0 Å². The molecule has 0 N–H and O–H groups in total. The first-order valence-electron chi connectivity index (χ1n) is 5.40. The first kappa shape index (κ1) is 11.9. The largest absolute Gasteiger partial charge is 0.299 e. The summed E-state index contributed by atoms with van der Waals surface area (Å²) in [5, 5.41) is 4.12. The highest BCUT2D eigenvalue weighted by atomic mass is 16.1. The Kier molecular flexibility index (Phi) is 4.00. The van der Waals surface area contributed by atoms with E-state index < -0.39 is 0 Å². The van der Waals surface area contributed by atoms with Gasteiger partial charge < -0.3 is 0 Å². The zero-order valence-corrected chi connectivity index (χ0v) is 9.90. The maximum absolute atomic E-state index is 11.6. The molecule has 0 radical (unpaired) electrons. The molecule has 0 bridgehead atoms. The highest BCUT2D eigenvalue weighted by Crippen LogP contribution is 2.05. The van der Waals surface area contributed by atoms with Gasteiger partial charge in [0.1, 0.15) is 17.9 Å². The van der Waals surface area contributed by atoms with Crippen LogP contribution in [0.1, 0.15) is 33.5 Å². The minimum atomic E-state index is 0.0641. The maximum atomic E-state index is 11.6. The molecule has 4 heteroatoms. The molecular formula is C11H19N3O. The lowest BCUT2D eigenvalue weighted by Gasteiger charge is -2.08. The number of hydrogen-bond acceptors (Lipinski definition) is 3. The third kappa shape index (κ3) is 3.46. The summed E-state index contributed by atoms with van der Waals surface area (Å²) in [6.07, 6.45) is 1.91. The summed E-state index contributed by atoms with van der Waals surface area (Å²) in [6, 6.07) is 0. The predicted molar refractivity (Wildman–Crippen MR) is 58.4 cm³/mol. The van der Waals surface area contributed by atoms with Crippen LogP contribution in [-0.2, 0) is 17.8 Å². The van der Waals surface area contributed by atoms with Gasteiger partial charge in [0, 0.05) is 12.5 Å². The molecule has 0 saturated heterocycles. The quantitative estimate of drug-likeness (QED) is 0.741. The molecule has 0 aliphatic heterocycles. The van der Waals surface area contributed by atoms with E-state index in [2.05, 4.69) is 23.9 Å². The minimum Gasteiger partial charge on any atom is -0.299 e. The van der Waals surface area contributed by atoms with Crippen molar-refractivity contribution in [1.82, 2.24) is 14.8 Å². The van der Waals surface area contributed by atoms with Crippen LogP contribution in [0.5, 0.6) is 0 Å². The average Bonchev–Trinajstić information content (AvgIpc) is 2.51. The fraction of sp³-hybridized carbons (Fsp3) is 0.727. The summed E-state index contributed by atoms with van der Waals surface area (Å²) in [7, 11) is 0. The molecule has 1 aromatic rings. The van der Waals surface area contributed by atoms with E-state index in [1.54, 1.807) is 0 Å². The van der Waals surface area contributed by atoms with Crippen LogP contribution in [0.2, 0.25) is 0 Å². The van der Waals surface area contributed by atoms with Gasteiger partial charge in [-0.2, -0.15) is 5.10 Å². The molecule has 1 heterocycles. The molecule has 0 fully saturated rings. The topological polar surface area (TPSA) is 47.8 Å². The Morgan fingerprint density at radius 2 is 2.07 bits per heavy atom. The lowest BCUT2D eigenvalue weighted by molar-refractivity contribution is -0.121. The third-order valence-corrected chi connectivity index (χ3v) is 2.21. The molecule has 1 aromatic heterocycles. The van der Waals surface area contributed by atoms with Crippen LogP contribution in [0, 0.1) is 11.8 Å². The number of aromatic nitrogens is 3. The fourth-order valence-electron chi connectivity index (χ4n) is 1.28. The monoisotopic (exact) mass is 209 g/mol. The van der Waals surface area contributed by atoms with Gasteiger partial charge in [-0.15, -0.1) is 0 Å². The molecule has 0 spiro atoms. The van der Waals surface area contributed by atoms with Gasteiger partial charge in [-0.05, 0) is 5.92 Å². The molecule has 0 aliphatic carbocycles. The van der Waals surface area contributed by atoms with Crippen molar-refractivity contribution in [3.8, 4) is 0 Å². The first-order valence-corrected chi connectivity index (χ1v) is 5.40. The average molecular weight is 209 g/mol. The summed E-state index contributed by atoms with van der Waals surface area (Å²) >= 11 is 0. The molecule has 0 saturated carbocycles. The summed E-state index contributed by atoms with van der Waals surface area (Å²) in [5.41, 5.74) is 0. The third-order valence-electron chi connectivity index (χ3n) is 2.21. The Morgan fingerprint density at radius 1 is 1.40 bits per heavy atom. The van der Waals surface area contributed by atoms with Crippen LogP contribution < -0.4 is 0 Å². The van der Waals surface area contributed by atoms with Gasteiger partial charge in [-0.3, -0.25) is 4.79 Å². The van der Waals surface area contributed by atoms with Gasteiger partial charge in [-0.25, -0.2) is 9.67 Å². The predicted octanol–water partition coefficient (Wildman–Crippen LogP) is 1.70. The smallest absolute Gasteiger partial charge is 0.142 e. The van der Waals surface area contributed by atoms with Crippen LogP contribution in [0.25, 0.3) is 0 Å². The molecule has 0 aromatic carbocycles. The van der Waals surface area contributed by atoms with Crippen molar-refractivity contribution in [2.45, 2.75) is 40.7 Å². The first-order chi connectivity index (χ1) is 7.00. The molecule has 0 unspecified atom stereocenters. The number of hydrogen-bond donors (Lipinski definition) is 0. The molecule has 15 heavy (non-hydrogen) atoms. The van der Waals surface area contributed by atoms with E-state index in [-0.39, 0.29) is 11.7 Å². The molecular weight excluding hydrogens is 190 g/mol. The summed E-state index contributed by atoms with van der Waals surface area (Å²) < 4.78 is 1.82. The van der Waals surface area contributed by atoms with Crippen LogP contribution in [-0.4, -0.2) is 20.5 Å². The Hall–Kier alpha value is -1.19. The van der Waals surface area contributed by atoms with Gasteiger partial charge in [-0.1, -0.05) is 27.7 Å². The Balaban J connectivity index is 2.69. The Labute approximate surface area is 90.7 Å². The summed E-state index contributed by atoms with van der Waals surface area (Å²) in [6.45, 7) is 8.88. The number of Topliss-reactive ketones (excluding diaryl/α,β-unsaturated/α-hetero) is 1. The molecule has 84 valence electrons. The number of nitrogens with zero attached hydrogens (tertiary/aromatic N) is 3. The van der Waals surface area contributed by atoms with E-state index in [4.69, 9.17) is 0 Å². The van der Waals surface area contributed by atoms with Crippen molar-refractivity contribution in [1.29, 1.82) is 0 Å².